The molecule has 0 atom stereocenters. The fourth-order valence-corrected chi connectivity index (χ4v) is 2.53. The highest BCUT2D eigenvalue weighted by molar-refractivity contribution is 6.05. The first-order valence-electron chi connectivity index (χ1n) is 8.84. The van der Waals surface area contributed by atoms with Crippen molar-refractivity contribution in [2.24, 2.45) is 0 Å². The molecule has 6 nitrogen and oxygen atoms in total. The number of carbonyl (C=O) groups excluding carboxylic acids is 2. The Hall–Kier alpha value is -3.67. The van der Waals surface area contributed by atoms with Crippen LogP contribution < -0.4 is 10.6 Å². The van der Waals surface area contributed by atoms with E-state index >= 15 is 0 Å². The van der Waals surface area contributed by atoms with E-state index in [1.807, 2.05) is 26.0 Å². The Kier molecular flexibility index (Phi) is 6.01. The zero-order chi connectivity index (χ0) is 19.9. The highest BCUT2D eigenvalue weighted by Gasteiger charge is 2.15. The largest absolute Gasteiger partial charge is 0.465 e. The zero-order valence-corrected chi connectivity index (χ0v) is 15.7. The first kappa shape index (κ1) is 19.1. The van der Waals surface area contributed by atoms with Gasteiger partial charge in [0.2, 0.25) is 0 Å². The molecule has 2 N–H and O–H groups in total. The molecule has 2 amide bonds. The third-order valence-electron chi connectivity index (χ3n) is 4.27. The van der Waals surface area contributed by atoms with Crippen LogP contribution in [0.2, 0.25) is 0 Å². The Morgan fingerprint density at radius 1 is 1.11 bits per heavy atom. The molecule has 0 unspecified atom stereocenters. The van der Waals surface area contributed by atoms with Gasteiger partial charge in [0.05, 0.1) is 6.26 Å². The lowest BCUT2D eigenvalue weighted by atomic mass is 10.1. The van der Waals surface area contributed by atoms with Crippen LogP contribution in [0.5, 0.6) is 0 Å². The van der Waals surface area contributed by atoms with E-state index < -0.39 is 5.91 Å². The quantitative estimate of drug-likeness (QED) is 0.647. The lowest BCUT2D eigenvalue weighted by Gasteiger charge is -2.11. The van der Waals surface area contributed by atoms with E-state index in [1.54, 1.807) is 42.7 Å². The van der Waals surface area contributed by atoms with Gasteiger partial charge >= 0.3 is 0 Å². The molecule has 0 spiro atoms. The predicted octanol–water partition coefficient (Wildman–Crippen LogP) is 3.38. The number of furan rings is 1. The van der Waals surface area contributed by atoms with Crippen LogP contribution >= 0.6 is 0 Å². The first-order valence-corrected chi connectivity index (χ1v) is 8.84. The van der Waals surface area contributed by atoms with Crippen molar-refractivity contribution in [2.75, 3.05) is 0 Å². The van der Waals surface area contributed by atoms with Crippen LogP contribution in [0.1, 0.15) is 32.8 Å². The van der Waals surface area contributed by atoms with Crippen molar-refractivity contribution >= 4 is 17.9 Å². The standard InChI is InChI=1S/C22H21N3O3/c1-15-7-8-18(11-16(15)2)21(26)25-20(12-19-6-4-10-28-19)22(27)24-14-17-5-3-9-23-13-17/h3-13H,14H2,1-2H3,(H,24,27)(H,25,26). The molecule has 3 rings (SSSR count). The maximum absolute atomic E-state index is 12.7. The number of aromatic nitrogens is 1. The maximum Gasteiger partial charge on any atom is 0.268 e. The lowest BCUT2D eigenvalue weighted by Crippen LogP contribution is -2.34. The summed E-state index contributed by atoms with van der Waals surface area (Å²) in [5, 5.41) is 5.47. The molecule has 3 aromatic rings. The fourth-order valence-electron chi connectivity index (χ4n) is 2.53. The lowest BCUT2D eigenvalue weighted by molar-refractivity contribution is -0.117. The summed E-state index contributed by atoms with van der Waals surface area (Å²) in [6, 6.07) is 12.5. The Labute approximate surface area is 163 Å². The van der Waals surface area contributed by atoms with Crippen molar-refractivity contribution in [2.45, 2.75) is 20.4 Å². The number of aryl methyl sites for hydroxylation is 2. The SMILES string of the molecule is Cc1ccc(C(=O)NC(=Cc2ccco2)C(=O)NCc2cccnc2)cc1C. The summed E-state index contributed by atoms with van der Waals surface area (Å²) in [5.41, 5.74) is 3.53. The number of rotatable bonds is 6. The van der Waals surface area contributed by atoms with E-state index in [2.05, 4.69) is 15.6 Å². The number of nitrogens with one attached hydrogen (secondary N) is 2. The van der Waals surface area contributed by atoms with Crippen LogP contribution in [-0.4, -0.2) is 16.8 Å². The number of hydrogen-bond donors (Lipinski definition) is 2. The predicted molar refractivity (Wildman–Crippen MR) is 106 cm³/mol. The third kappa shape index (κ3) is 4.94. The molecule has 0 saturated carbocycles. The van der Waals surface area contributed by atoms with E-state index in [-0.39, 0.29) is 11.6 Å². The van der Waals surface area contributed by atoms with Gasteiger partial charge in [-0.3, -0.25) is 14.6 Å². The van der Waals surface area contributed by atoms with Crippen LogP contribution in [0.15, 0.2) is 71.2 Å². The number of carbonyl (C=O) groups is 2. The van der Waals surface area contributed by atoms with Gasteiger partial charge in [-0.2, -0.15) is 0 Å². The summed E-state index contributed by atoms with van der Waals surface area (Å²) >= 11 is 0. The smallest absolute Gasteiger partial charge is 0.268 e. The minimum Gasteiger partial charge on any atom is -0.465 e. The Morgan fingerprint density at radius 3 is 2.64 bits per heavy atom. The van der Waals surface area contributed by atoms with E-state index in [0.717, 1.165) is 16.7 Å². The highest BCUT2D eigenvalue weighted by atomic mass is 16.3. The summed E-state index contributed by atoms with van der Waals surface area (Å²) < 4.78 is 5.28. The van der Waals surface area contributed by atoms with E-state index in [9.17, 15) is 9.59 Å². The normalized spacial score (nSPS) is 11.1. The molecule has 2 aromatic heterocycles. The summed E-state index contributed by atoms with van der Waals surface area (Å²) in [5.74, 6) is -0.318. The van der Waals surface area contributed by atoms with E-state index in [1.165, 1.54) is 12.3 Å². The van der Waals surface area contributed by atoms with Crippen molar-refractivity contribution in [1.82, 2.24) is 15.6 Å². The van der Waals surface area contributed by atoms with Crippen molar-refractivity contribution in [3.05, 3.63) is 94.8 Å². The summed E-state index contributed by atoms with van der Waals surface area (Å²) in [6.07, 6.45) is 6.33. The second kappa shape index (κ2) is 8.81. The molecule has 0 saturated heterocycles. The van der Waals surface area contributed by atoms with Crippen molar-refractivity contribution in [1.29, 1.82) is 0 Å². The fraction of sp³-hybridized carbons (Fsp3) is 0.136. The maximum atomic E-state index is 12.7. The highest BCUT2D eigenvalue weighted by Crippen LogP contribution is 2.12. The summed E-state index contributed by atoms with van der Waals surface area (Å²) in [4.78, 5) is 29.3. The van der Waals surface area contributed by atoms with Gasteiger partial charge in [0.15, 0.2) is 0 Å². The number of nitrogens with zero attached hydrogens (tertiary/aromatic N) is 1. The van der Waals surface area contributed by atoms with Crippen LogP contribution in [0.25, 0.3) is 6.08 Å². The van der Waals surface area contributed by atoms with Crippen LogP contribution in [0, 0.1) is 13.8 Å². The summed E-state index contributed by atoms with van der Waals surface area (Å²) in [6.45, 7) is 4.21. The molecule has 0 aliphatic carbocycles. The summed E-state index contributed by atoms with van der Waals surface area (Å²) in [7, 11) is 0. The Morgan fingerprint density at radius 2 is 1.96 bits per heavy atom. The number of pyridine rings is 1. The minimum absolute atomic E-state index is 0.0991. The number of hydrogen-bond acceptors (Lipinski definition) is 4. The van der Waals surface area contributed by atoms with Gasteiger partial charge in [0, 0.05) is 30.6 Å². The van der Waals surface area contributed by atoms with Gasteiger partial charge in [0.25, 0.3) is 11.8 Å². The molecule has 0 bridgehead atoms. The molecule has 142 valence electrons. The monoisotopic (exact) mass is 375 g/mol. The molecule has 28 heavy (non-hydrogen) atoms. The molecule has 0 fully saturated rings. The third-order valence-corrected chi connectivity index (χ3v) is 4.27. The second-order valence-corrected chi connectivity index (χ2v) is 6.37. The molecule has 0 aliphatic rings. The average Bonchev–Trinajstić information content (AvgIpc) is 3.21. The van der Waals surface area contributed by atoms with Crippen LogP contribution in [0.4, 0.5) is 0 Å². The average molecular weight is 375 g/mol. The van der Waals surface area contributed by atoms with Crippen molar-refractivity contribution < 1.29 is 14.0 Å². The molecule has 1 aromatic carbocycles. The van der Waals surface area contributed by atoms with Crippen LogP contribution in [0.3, 0.4) is 0 Å². The van der Waals surface area contributed by atoms with Gasteiger partial charge in [-0.1, -0.05) is 12.1 Å². The van der Waals surface area contributed by atoms with Gasteiger partial charge < -0.3 is 15.1 Å². The molecule has 0 aliphatic heterocycles. The first-order chi connectivity index (χ1) is 13.5. The molecule has 6 heteroatoms. The van der Waals surface area contributed by atoms with Crippen LogP contribution in [-0.2, 0) is 11.3 Å². The van der Waals surface area contributed by atoms with Crippen molar-refractivity contribution in [3.63, 3.8) is 0 Å². The Bertz CT molecular complexity index is 993. The van der Waals surface area contributed by atoms with Gasteiger partial charge in [-0.25, -0.2) is 0 Å². The second-order valence-electron chi connectivity index (χ2n) is 6.37. The zero-order valence-electron chi connectivity index (χ0n) is 15.7. The molecular formula is C22H21N3O3. The topological polar surface area (TPSA) is 84.2 Å². The number of amides is 2. The minimum atomic E-state index is -0.419. The molecule has 0 radical (unpaired) electrons. The molecule has 2 heterocycles. The van der Waals surface area contributed by atoms with Crippen molar-refractivity contribution in [3.8, 4) is 0 Å². The van der Waals surface area contributed by atoms with Gasteiger partial charge in [-0.15, -0.1) is 0 Å². The molecular weight excluding hydrogens is 354 g/mol. The Balaban J connectivity index is 1.77. The van der Waals surface area contributed by atoms with E-state index in [0.29, 0.717) is 17.9 Å². The van der Waals surface area contributed by atoms with Gasteiger partial charge in [-0.05, 0) is 60.9 Å². The number of benzene rings is 1. The van der Waals surface area contributed by atoms with Gasteiger partial charge in [0.1, 0.15) is 11.5 Å². The van der Waals surface area contributed by atoms with E-state index in [4.69, 9.17) is 4.42 Å².